The van der Waals surface area contributed by atoms with E-state index in [1.54, 1.807) is 17.9 Å². The van der Waals surface area contributed by atoms with E-state index in [-0.39, 0.29) is 6.04 Å². The summed E-state index contributed by atoms with van der Waals surface area (Å²) in [6.45, 7) is 2.64. The van der Waals surface area contributed by atoms with E-state index in [0.717, 1.165) is 0 Å². The van der Waals surface area contributed by atoms with E-state index >= 15 is 0 Å². The standard InChI is InChI=1S/C11H17F2N5O/c1-8(5-17-7-14-6-15-17)16-11(19)18-4-2-3-9(18)10(12)13/h6-10H,2-5H2,1H3,(H,16,19)/t8?,9-/m0/s1. The zero-order valence-electron chi connectivity index (χ0n) is 10.7. The Labute approximate surface area is 109 Å². The third kappa shape index (κ3) is 3.39. The summed E-state index contributed by atoms with van der Waals surface area (Å²) in [6, 6.07) is -1.60. The van der Waals surface area contributed by atoms with Crippen molar-refractivity contribution in [3.8, 4) is 0 Å². The van der Waals surface area contributed by atoms with Crippen molar-refractivity contribution in [3.63, 3.8) is 0 Å². The molecule has 2 rings (SSSR count). The second-order valence-electron chi connectivity index (χ2n) is 4.71. The number of carbonyl (C=O) groups is 1. The molecule has 1 aromatic heterocycles. The first kappa shape index (κ1) is 13.7. The molecule has 19 heavy (non-hydrogen) atoms. The van der Waals surface area contributed by atoms with Gasteiger partial charge in [-0.1, -0.05) is 0 Å². The second-order valence-corrected chi connectivity index (χ2v) is 4.71. The molecular formula is C11H17F2N5O. The number of nitrogens with zero attached hydrogens (tertiary/aromatic N) is 4. The van der Waals surface area contributed by atoms with Gasteiger partial charge in [0, 0.05) is 12.6 Å². The Kier molecular flexibility index (Phi) is 4.28. The average molecular weight is 273 g/mol. The third-order valence-electron chi connectivity index (χ3n) is 3.15. The van der Waals surface area contributed by atoms with Crippen molar-refractivity contribution in [1.29, 1.82) is 0 Å². The second kappa shape index (κ2) is 5.94. The number of alkyl halides is 2. The van der Waals surface area contributed by atoms with E-state index in [2.05, 4.69) is 15.4 Å². The molecule has 1 aliphatic heterocycles. The number of rotatable bonds is 4. The first-order chi connectivity index (χ1) is 9.08. The van der Waals surface area contributed by atoms with E-state index < -0.39 is 18.5 Å². The van der Waals surface area contributed by atoms with Crippen LogP contribution in [-0.2, 0) is 6.54 Å². The molecule has 0 aliphatic carbocycles. The van der Waals surface area contributed by atoms with Crippen LogP contribution in [0.5, 0.6) is 0 Å². The summed E-state index contributed by atoms with van der Waals surface area (Å²) in [5, 5.41) is 6.63. The highest BCUT2D eigenvalue weighted by Gasteiger charge is 2.35. The lowest BCUT2D eigenvalue weighted by atomic mass is 10.2. The molecule has 0 aromatic carbocycles. The maximum atomic E-state index is 12.7. The normalized spacial score (nSPS) is 20.8. The highest BCUT2D eigenvalue weighted by Crippen LogP contribution is 2.22. The van der Waals surface area contributed by atoms with Crippen LogP contribution in [0.4, 0.5) is 13.6 Å². The summed E-state index contributed by atoms with van der Waals surface area (Å²) in [6.07, 6.45) is 1.45. The predicted octanol–water partition coefficient (Wildman–Crippen LogP) is 1.11. The van der Waals surface area contributed by atoms with Crippen LogP contribution in [0.25, 0.3) is 0 Å². The number of urea groups is 1. The van der Waals surface area contributed by atoms with E-state index in [0.29, 0.717) is 25.9 Å². The zero-order valence-corrected chi connectivity index (χ0v) is 10.7. The Morgan fingerprint density at radius 1 is 1.58 bits per heavy atom. The zero-order chi connectivity index (χ0) is 13.8. The highest BCUT2D eigenvalue weighted by atomic mass is 19.3. The van der Waals surface area contributed by atoms with Gasteiger partial charge < -0.3 is 10.2 Å². The van der Waals surface area contributed by atoms with Gasteiger partial charge in [-0.15, -0.1) is 0 Å². The lowest BCUT2D eigenvalue weighted by Gasteiger charge is -2.26. The molecule has 1 N–H and O–H groups in total. The van der Waals surface area contributed by atoms with Crippen molar-refractivity contribution in [1.82, 2.24) is 25.0 Å². The molecule has 1 aliphatic rings. The van der Waals surface area contributed by atoms with Crippen LogP contribution in [0.1, 0.15) is 19.8 Å². The Balaban J connectivity index is 1.86. The summed E-state index contributed by atoms with van der Waals surface area (Å²) in [5.74, 6) is 0. The molecule has 2 atom stereocenters. The minimum atomic E-state index is -2.49. The van der Waals surface area contributed by atoms with Crippen LogP contribution < -0.4 is 5.32 Å². The van der Waals surface area contributed by atoms with Crippen LogP contribution in [-0.4, -0.2) is 50.7 Å². The molecule has 1 saturated heterocycles. The SMILES string of the molecule is CC(Cn1cncn1)NC(=O)N1CCC[C@H]1C(F)F. The van der Waals surface area contributed by atoms with Crippen molar-refractivity contribution in [2.45, 2.75) is 44.8 Å². The highest BCUT2D eigenvalue weighted by molar-refractivity contribution is 5.75. The number of hydrogen-bond donors (Lipinski definition) is 1. The molecule has 8 heteroatoms. The average Bonchev–Trinajstić information content (AvgIpc) is 2.97. The summed E-state index contributed by atoms with van der Waals surface area (Å²) in [5.41, 5.74) is 0. The first-order valence-corrected chi connectivity index (χ1v) is 6.25. The fourth-order valence-electron chi connectivity index (χ4n) is 2.25. The van der Waals surface area contributed by atoms with Gasteiger partial charge in [0.2, 0.25) is 0 Å². The van der Waals surface area contributed by atoms with Crippen LogP contribution in [0, 0.1) is 0 Å². The first-order valence-electron chi connectivity index (χ1n) is 6.25. The van der Waals surface area contributed by atoms with Crippen LogP contribution in [0.2, 0.25) is 0 Å². The van der Waals surface area contributed by atoms with Gasteiger partial charge in [-0.3, -0.25) is 4.68 Å². The van der Waals surface area contributed by atoms with Crippen molar-refractivity contribution in [2.75, 3.05) is 6.54 Å². The number of likely N-dealkylation sites (tertiary alicyclic amines) is 1. The lowest BCUT2D eigenvalue weighted by molar-refractivity contribution is 0.0600. The molecule has 1 unspecified atom stereocenters. The van der Waals surface area contributed by atoms with E-state index in [9.17, 15) is 13.6 Å². The quantitative estimate of drug-likeness (QED) is 0.893. The Hall–Kier alpha value is -1.73. The molecule has 2 amide bonds. The molecule has 6 nitrogen and oxygen atoms in total. The maximum absolute atomic E-state index is 12.7. The molecule has 0 saturated carbocycles. The smallest absolute Gasteiger partial charge is 0.318 e. The fourth-order valence-corrected chi connectivity index (χ4v) is 2.25. The minimum Gasteiger partial charge on any atom is -0.334 e. The molecule has 0 bridgehead atoms. The molecule has 0 spiro atoms. The van der Waals surface area contributed by atoms with Crippen LogP contribution in [0.3, 0.4) is 0 Å². The summed E-state index contributed by atoms with van der Waals surface area (Å²) in [7, 11) is 0. The molecular weight excluding hydrogens is 256 g/mol. The third-order valence-corrected chi connectivity index (χ3v) is 3.15. The van der Waals surface area contributed by atoms with Crippen molar-refractivity contribution >= 4 is 6.03 Å². The Morgan fingerprint density at radius 2 is 2.37 bits per heavy atom. The van der Waals surface area contributed by atoms with Gasteiger partial charge >= 0.3 is 6.03 Å². The van der Waals surface area contributed by atoms with Crippen molar-refractivity contribution < 1.29 is 13.6 Å². The van der Waals surface area contributed by atoms with Gasteiger partial charge in [0.15, 0.2) is 0 Å². The monoisotopic (exact) mass is 273 g/mol. The van der Waals surface area contributed by atoms with Gasteiger partial charge in [-0.05, 0) is 19.8 Å². The molecule has 1 aromatic rings. The van der Waals surface area contributed by atoms with E-state index in [1.165, 1.54) is 11.2 Å². The topological polar surface area (TPSA) is 63.1 Å². The summed E-state index contributed by atoms with van der Waals surface area (Å²) in [4.78, 5) is 17.0. The largest absolute Gasteiger partial charge is 0.334 e. The fraction of sp³-hybridized carbons (Fsp3) is 0.727. The lowest BCUT2D eigenvalue weighted by Crippen LogP contribution is -2.49. The number of carbonyl (C=O) groups excluding carboxylic acids is 1. The molecule has 2 heterocycles. The van der Waals surface area contributed by atoms with E-state index in [4.69, 9.17) is 0 Å². The van der Waals surface area contributed by atoms with Gasteiger partial charge in [-0.2, -0.15) is 5.10 Å². The molecule has 1 fully saturated rings. The van der Waals surface area contributed by atoms with Crippen LogP contribution >= 0.6 is 0 Å². The summed E-state index contributed by atoms with van der Waals surface area (Å²) < 4.78 is 27.1. The van der Waals surface area contributed by atoms with Gasteiger partial charge in [0.25, 0.3) is 6.43 Å². The Bertz CT molecular complexity index is 411. The van der Waals surface area contributed by atoms with Gasteiger partial charge in [0.05, 0.1) is 12.6 Å². The van der Waals surface area contributed by atoms with Crippen LogP contribution in [0.15, 0.2) is 12.7 Å². The van der Waals surface area contributed by atoms with Crippen molar-refractivity contribution in [3.05, 3.63) is 12.7 Å². The minimum absolute atomic E-state index is 0.201. The summed E-state index contributed by atoms with van der Waals surface area (Å²) >= 11 is 0. The number of nitrogens with one attached hydrogen (secondary N) is 1. The Morgan fingerprint density at radius 3 is 3.00 bits per heavy atom. The van der Waals surface area contributed by atoms with Gasteiger partial charge in [0.1, 0.15) is 12.7 Å². The van der Waals surface area contributed by atoms with E-state index in [1.807, 2.05) is 0 Å². The molecule has 106 valence electrons. The van der Waals surface area contributed by atoms with Gasteiger partial charge in [-0.25, -0.2) is 18.6 Å². The predicted molar refractivity (Wildman–Crippen MR) is 63.7 cm³/mol. The molecule has 0 radical (unpaired) electrons. The number of hydrogen-bond acceptors (Lipinski definition) is 3. The number of halogens is 2. The van der Waals surface area contributed by atoms with Crippen molar-refractivity contribution in [2.24, 2.45) is 0 Å². The number of amides is 2. The number of aromatic nitrogens is 3. The maximum Gasteiger partial charge on any atom is 0.318 e.